The summed E-state index contributed by atoms with van der Waals surface area (Å²) in [5.41, 5.74) is 0. The summed E-state index contributed by atoms with van der Waals surface area (Å²) in [5.74, 6) is -0.171. The standard InChI is InChI=1S/C5H7N5O/c1-3-4(11)6-5-7-9-10(2)8-5/h3H,1H2,2H3,(H,6,8,11). The maximum absolute atomic E-state index is 10.6. The Kier molecular flexibility index (Phi) is 1.95. The summed E-state index contributed by atoms with van der Waals surface area (Å²) in [7, 11) is 1.61. The molecule has 6 nitrogen and oxygen atoms in total. The lowest BCUT2D eigenvalue weighted by molar-refractivity contribution is -0.111. The summed E-state index contributed by atoms with van der Waals surface area (Å²) in [6, 6.07) is 0. The van der Waals surface area contributed by atoms with Crippen LogP contribution >= 0.6 is 0 Å². The Morgan fingerprint density at radius 1 is 1.82 bits per heavy atom. The number of hydrogen-bond acceptors (Lipinski definition) is 4. The van der Waals surface area contributed by atoms with E-state index in [2.05, 4.69) is 27.3 Å². The molecule has 0 saturated heterocycles. The van der Waals surface area contributed by atoms with Crippen LogP contribution in [0.3, 0.4) is 0 Å². The van der Waals surface area contributed by atoms with Crippen LogP contribution < -0.4 is 5.32 Å². The van der Waals surface area contributed by atoms with Gasteiger partial charge in [-0.1, -0.05) is 11.7 Å². The average molecular weight is 153 g/mol. The lowest BCUT2D eigenvalue weighted by Crippen LogP contribution is -2.08. The van der Waals surface area contributed by atoms with E-state index in [-0.39, 0.29) is 11.9 Å². The second-order valence-electron chi connectivity index (χ2n) is 1.80. The van der Waals surface area contributed by atoms with Crippen LogP contribution in [0.25, 0.3) is 0 Å². The van der Waals surface area contributed by atoms with Gasteiger partial charge in [-0.15, -0.1) is 5.10 Å². The highest BCUT2D eigenvalue weighted by molar-refractivity contribution is 5.97. The van der Waals surface area contributed by atoms with Gasteiger partial charge in [0.1, 0.15) is 0 Å². The summed E-state index contributed by atoms with van der Waals surface area (Å²) in [4.78, 5) is 11.9. The van der Waals surface area contributed by atoms with E-state index >= 15 is 0 Å². The van der Waals surface area contributed by atoms with Crippen molar-refractivity contribution in [2.75, 3.05) is 5.32 Å². The number of hydrogen-bond donors (Lipinski definition) is 1. The monoisotopic (exact) mass is 153 g/mol. The average Bonchev–Trinajstić information content (AvgIpc) is 2.35. The molecule has 0 radical (unpaired) electrons. The highest BCUT2D eigenvalue weighted by Crippen LogP contribution is 1.90. The fourth-order valence-electron chi connectivity index (χ4n) is 0.495. The second kappa shape index (κ2) is 2.91. The van der Waals surface area contributed by atoms with Crippen molar-refractivity contribution < 1.29 is 4.79 Å². The van der Waals surface area contributed by atoms with Gasteiger partial charge in [-0.05, 0) is 11.3 Å². The molecule has 11 heavy (non-hydrogen) atoms. The minimum atomic E-state index is -0.349. The van der Waals surface area contributed by atoms with Crippen molar-refractivity contribution in [2.24, 2.45) is 7.05 Å². The Labute approximate surface area is 62.9 Å². The van der Waals surface area contributed by atoms with Crippen LogP contribution in [0.1, 0.15) is 0 Å². The SMILES string of the molecule is C=CC(=O)Nc1nnn(C)n1. The molecule has 0 atom stereocenters. The van der Waals surface area contributed by atoms with E-state index in [0.29, 0.717) is 0 Å². The van der Waals surface area contributed by atoms with Crippen molar-refractivity contribution in [1.82, 2.24) is 20.2 Å². The van der Waals surface area contributed by atoms with Crippen molar-refractivity contribution in [2.45, 2.75) is 0 Å². The first-order valence-corrected chi connectivity index (χ1v) is 2.90. The Balaban J connectivity index is 2.64. The Morgan fingerprint density at radius 3 is 3.00 bits per heavy atom. The molecule has 0 aliphatic heterocycles. The fraction of sp³-hybridized carbons (Fsp3) is 0.200. The fourth-order valence-corrected chi connectivity index (χ4v) is 0.495. The summed E-state index contributed by atoms with van der Waals surface area (Å²) >= 11 is 0. The largest absolute Gasteiger partial charge is 0.288 e. The zero-order valence-corrected chi connectivity index (χ0v) is 5.98. The van der Waals surface area contributed by atoms with Gasteiger partial charge in [-0.25, -0.2) is 0 Å². The quantitative estimate of drug-likeness (QED) is 0.572. The minimum Gasteiger partial charge on any atom is -0.288 e. The van der Waals surface area contributed by atoms with E-state index in [1.165, 1.54) is 4.80 Å². The number of aromatic nitrogens is 4. The topological polar surface area (TPSA) is 72.7 Å². The highest BCUT2D eigenvalue weighted by atomic mass is 16.1. The van der Waals surface area contributed by atoms with Gasteiger partial charge in [0.15, 0.2) is 0 Å². The molecule has 0 unspecified atom stereocenters. The summed E-state index contributed by atoms with van der Waals surface area (Å²) in [6.45, 7) is 3.27. The molecular weight excluding hydrogens is 146 g/mol. The van der Waals surface area contributed by atoms with Gasteiger partial charge < -0.3 is 0 Å². The zero-order valence-electron chi connectivity index (χ0n) is 5.98. The van der Waals surface area contributed by atoms with E-state index in [1.54, 1.807) is 7.05 Å². The Bertz CT molecular complexity index is 278. The molecule has 1 N–H and O–H groups in total. The van der Waals surface area contributed by atoms with Crippen LogP contribution in [0.4, 0.5) is 5.95 Å². The summed E-state index contributed by atoms with van der Waals surface area (Å²) in [6.07, 6.45) is 1.14. The molecule has 1 amide bonds. The summed E-state index contributed by atoms with van der Waals surface area (Å²) < 4.78 is 0. The van der Waals surface area contributed by atoms with Crippen molar-refractivity contribution in [3.8, 4) is 0 Å². The number of carbonyl (C=O) groups excluding carboxylic acids is 1. The van der Waals surface area contributed by atoms with Gasteiger partial charge in [-0.2, -0.15) is 4.80 Å². The lowest BCUT2D eigenvalue weighted by Gasteiger charge is -1.90. The molecule has 1 aromatic rings. The molecule has 1 rings (SSSR count). The van der Waals surface area contributed by atoms with Crippen LogP contribution in [-0.2, 0) is 11.8 Å². The summed E-state index contributed by atoms with van der Waals surface area (Å²) in [5, 5.41) is 13.1. The molecular formula is C5H7N5O. The van der Waals surface area contributed by atoms with Crippen molar-refractivity contribution >= 4 is 11.9 Å². The zero-order chi connectivity index (χ0) is 8.27. The van der Waals surface area contributed by atoms with Gasteiger partial charge >= 0.3 is 0 Å². The van der Waals surface area contributed by atoms with Crippen molar-refractivity contribution in [1.29, 1.82) is 0 Å². The van der Waals surface area contributed by atoms with E-state index in [9.17, 15) is 4.79 Å². The normalized spacial score (nSPS) is 9.18. The van der Waals surface area contributed by atoms with Gasteiger partial charge in [0, 0.05) is 0 Å². The van der Waals surface area contributed by atoms with Crippen LogP contribution in [-0.4, -0.2) is 26.1 Å². The van der Waals surface area contributed by atoms with Gasteiger partial charge in [-0.3, -0.25) is 10.1 Å². The van der Waals surface area contributed by atoms with E-state index in [0.717, 1.165) is 6.08 Å². The van der Waals surface area contributed by atoms with E-state index < -0.39 is 0 Å². The van der Waals surface area contributed by atoms with Crippen molar-refractivity contribution in [3.05, 3.63) is 12.7 Å². The number of nitrogens with one attached hydrogen (secondary N) is 1. The van der Waals surface area contributed by atoms with Crippen LogP contribution in [0, 0.1) is 0 Å². The Hall–Kier alpha value is -1.72. The van der Waals surface area contributed by atoms with Gasteiger partial charge in [0.2, 0.25) is 5.91 Å². The van der Waals surface area contributed by atoms with Crippen molar-refractivity contribution in [3.63, 3.8) is 0 Å². The third-order valence-electron chi connectivity index (χ3n) is 0.929. The predicted octanol–water partition coefficient (Wildman–Crippen LogP) is -0.665. The third kappa shape index (κ3) is 1.85. The number of nitrogens with zero attached hydrogens (tertiary/aromatic N) is 4. The smallest absolute Gasteiger partial charge is 0.270 e. The first-order valence-electron chi connectivity index (χ1n) is 2.90. The number of carbonyl (C=O) groups is 1. The number of tetrazole rings is 1. The predicted molar refractivity (Wildman–Crippen MR) is 37.6 cm³/mol. The first kappa shape index (κ1) is 7.39. The third-order valence-corrected chi connectivity index (χ3v) is 0.929. The maximum atomic E-state index is 10.6. The molecule has 58 valence electrons. The van der Waals surface area contributed by atoms with Crippen LogP contribution in [0.15, 0.2) is 12.7 Å². The Morgan fingerprint density at radius 2 is 2.55 bits per heavy atom. The molecule has 0 aromatic carbocycles. The molecule has 0 saturated carbocycles. The lowest BCUT2D eigenvalue weighted by atomic mass is 10.6. The molecule has 1 aromatic heterocycles. The molecule has 0 aliphatic carbocycles. The van der Waals surface area contributed by atoms with Gasteiger partial charge in [0.05, 0.1) is 7.05 Å². The highest BCUT2D eigenvalue weighted by Gasteiger charge is 2.00. The molecule has 1 heterocycles. The molecule has 0 bridgehead atoms. The van der Waals surface area contributed by atoms with Crippen LogP contribution in [0.2, 0.25) is 0 Å². The van der Waals surface area contributed by atoms with E-state index in [1.807, 2.05) is 0 Å². The molecule has 0 spiro atoms. The number of rotatable bonds is 2. The maximum Gasteiger partial charge on any atom is 0.270 e. The first-order chi connectivity index (χ1) is 5.22. The molecule has 0 aliphatic rings. The second-order valence-corrected chi connectivity index (χ2v) is 1.80. The molecule has 0 fully saturated rings. The minimum absolute atomic E-state index is 0.178. The van der Waals surface area contributed by atoms with E-state index in [4.69, 9.17) is 0 Å². The number of amides is 1. The van der Waals surface area contributed by atoms with Crippen LogP contribution in [0.5, 0.6) is 0 Å². The number of anilines is 1. The molecule has 6 heteroatoms. The number of aryl methyl sites for hydroxylation is 1. The van der Waals surface area contributed by atoms with Gasteiger partial charge in [0.25, 0.3) is 5.95 Å².